The fourth-order valence-corrected chi connectivity index (χ4v) is 3.73. The molecule has 2 aromatic rings. The van der Waals surface area contributed by atoms with E-state index in [1.165, 1.54) is 30.6 Å². The molecule has 6 heteroatoms. The molecular formula is C16H20N4OS. The molecule has 0 saturated heterocycles. The predicted octanol–water partition coefficient (Wildman–Crippen LogP) is 3.97. The van der Waals surface area contributed by atoms with Gasteiger partial charge in [-0.15, -0.1) is 0 Å². The zero-order chi connectivity index (χ0) is 15.4. The number of hydrogen-bond donors (Lipinski definition) is 2. The third-order valence-corrected chi connectivity index (χ3v) is 5.00. The molecule has 1 saturated carbocycles. The summed E-state index contributed by atoms with van der Waals surface area (Å²) in [5, 5.41) is 6.53. The molecule has 0 aromatic carbocycles. The Kier molecular flexibility index (Phi) is 4.68. The number of aryl methyl sites for hydroxylation is 1. The summed E-state index contributed by atoms with van der Waals surface area (Å²) in [4.78, 5) is 21.7. The van der Waals surface area contributed by atoms with Gasteiger partial charge in [-0.1, -0.05) is 36.7 Å². The highest BCUT2D eigenvalue weighted by atomic mass is 32.1. The molecule has 2 N–H and O–H groups in total. The van der Waals surface area contributed by atoms with Gasteiger partial charge in [0.25, 0.3) is 0 Å². The summed E-state index contributed by atoms with van der Waals surface area (Å²) in [7, 11) is 0. The van der Waals surface area contributed by atoms with Crippen LogP contribution in [0.2, 0.25) is 0 Å². The first-order valence-electron chi connectivity index (χ1n) is 7.68. The summed E-state index contributed by atoms with van der Waals surface area (Å²) >= 11 is 1.48. The molecule has 0 aliphatic heterocycles. The highest BCUT2D eigenvalue weighted by Gasteiger charge is 2.17. The summed E-state index contributed by atoms with van der Waals surface area (Å²) in [5.41, 5.74) is 1.93. The first-order chi connectivity index (χ1) is 10.7. The number of aromatic nitrogens is 2. The van der Waals surface area contributed by atoms with Crippen LogP contribution in [0.3, 0.4) is 0 Å². The summed E-state index contributed by atoms with van der Waals surface area (Å²) in [5.74, 6) is 0. The minimum absolute atomic E-state index is 0.154. The minimum atomic E-state index is -0.154. The average molecular weight is 316 g/mol. The number of hydrogen-bond acceptors (Lipinski definition) is 4. The Hall–Kier alpha value is -1.95. The van der Waals surface area contributed by atoms with E-state index in [0.29, 0.717) is 11.2 Å². The van der Waals surface area contributed by atoms with E-state index < -0.39 is 0 Å². The first kappa shape index (κ1) is 15.0. The van der Waals surface area contributed by atoms with Crippen LogP contribution in [0, 0.1) is 6.92 Å². The van der Waals surface area contributed by atoms with Crippen LogP contribution in [0.15, 0.2) is 24.5 Å². The maximum atomic E-state index is 12.1. The summed E-state index contributed by atoms with van der Waals surface area (Å²) < 4.78 is 0. The van der Waals surface area contributed by atoms with Crippen molar-refractivity contribution in [1.82, 2.24) is 15.3 Å². The topological polar surface area (TPSA) is 66.9 Å². The van der Waals surface area contributed by atoms with Crippen LogP contribution < -0.4 is 10.6 Å². The van der Waals surface area contributed by atoms with Crippen LogP contribution in [-0.4, -0.2) is 22.0 Å². The molecule has 1 aliphatic carbocycles. The number of urea groups is 1. The number of pyridine rings is 1. The van der Waals surface area contributed by atoms with Crippen LogP contribution >= 0.6 is 11.3 Å². The van der Waals surface area contributed by atoms with E-state index in [4.69, 9.17) is 0 Å². The van der Waals surface area contributed by atoms with Gasteiger partial charge in [-0.2, -0.15) is 0 Å². The molecule has 3 rings (SSSR count). The molecule has 0 radical (unpaired) electrons. The second-order valence-electron chi connectivity index (χ2n) is 5.61. The van der Waals surface area contributed by atoms with Crippen molar-refractivity contribution in [2.75, 3.05) is 5.32 Å². The Labute approximate surface area is 134 Å². The monoisotopic (exact) mass is 316 g/mol. The quantitative estimate of drug-likeness (QED) is 0.900. The van der Waals surface area contributed by atoms with Gasteiger partial charge >= 0.3 is 6.03 Å². The predicted molar refractivity (Wildman–Crippen MR) is 89.1 cm³/mol. The normalized spacial score (nSPS) is 15.5. The van der Waals surface area contributed by atoms with Gasteiger partial charge in [0.2, 0.25) is 0 Å². The zero-order valence-corrected chi connectivity index (χ0v) is 13.4. The highest BCUT2D eigenvalue weighted by molar-refractivity contribution is 7.19. The zero-order valence-electron chi connectivity index (χ0n) is 12.6. The van der Waals surface area contributed by atoms with Crippen molar-refractivity contribution in [3.05, 3.63) is 30.2 Å². The summed E-state index contributed by atoms with van der Waals surface area (Å²) in [6.07, 6.45) is 9.39. The van der Waals surface area contributed by atoms with Gasteiger partial charge in [0.1, 0.15) is 0 Å². The fraction of sp³-hybridized carbons (Fsp3) is 0.438. The molecule has 5 nitrogen and oxygen atoms in total. The maximum absolute atomic E-state index is 12.1. The number of nitrogens with zero attached hydrogens (tertiary/aromatic N) is 2. The maximum Gasteiger partial charge on any atom is 0.321 e. The standard InChI is InChI=1S/C16H20N4OS/c1-11-14(12-6-5-9-17-10-12)22-16(18-11)20-15(21)19-13-7-3-2-4-8-13/h5-6,9-10,13H,2-4,7-8H2,1H3,(H2,18,19,20,21). The number of nitrogens with one attached hydrogen (secondary N) is 2. The van der Waals surface area contributed by atoms with Crippen molar-refractivity contribution in [3.8, 4) is 10.4 Å². The molecule has 0 bridgehead atoms. The molecule has 0 atom stereocenters. The second-order valence-corrected chi connectivity index (χ2v) is 6.61. The van der Waals surface area contributed by atoms with Crippen molar-refractivity contribution in [2.45, 2.75) is 45.1 Å². The Morgan fingerprint density at radius 1 is 1.32 bits per heavy atom. The fourth-order valence-electron chi connectivity index (χ4n) is 2.78. The molecule has 1 aliphatic rings. The second kappa shape index (κ2) is 6.87. The minimum Gasteiger partial charge on any atom is -0.335 e. The Balaban J connectivity index is 1.64. The van der Waals surface area contributed by atoms with Crippen molar-refractivity contribution >= 4 is 22.5 Å². The number of rotatable bonds is 3. The van der Waals surface area contributed by atoms with E-state index in [1.54, 1.807) is 6.20 Å². The van der Waals surface area contributed by atoms with Gasteiger partial charge in [-0.3, -0.25) is 10.3 Å². The lowest BCUT2D eigenvalue weighted by Crippen LogP contribution is -2.38. The smallest absolute Gasteiger partial charge is 0.321 e. The third-order valence-electron chi connectivity index (χ3n) is 3.88. The van der Waals surface area contributed by atoms with Gasteiger partial charge in [0, 0.05) is 24.0 Å². The number of carbonyl (C=O) groups excluding carboxylic acids is 1. The van der Waals surface area contributed by atoms with Crippen LogP contribution in [0.1, 0.15) is 37.8 Å². The Bertz CT molecular complexity index is 635. The van der Waals surface area contributed by atoms with Gasteiger partial charge in [-0.05, 0) is 25.8 Å². The molecule has 2 heterocycles. The van der Waals surface area contributed by atoms with Gasteiger partial charge in [0.05, 0.1) is 10.6 Å². The number of thiazole rings is 1. The number of amides is 2. The lowest BCUT2D eigenvalue weighted by atomic mass is 9.96. The number of anilines is 1. The van der Waals surface area contributed by atoms with Crippen molar-refractivity contribution in [2.24, 2.45) is 0 Å². The van der Waals surface area contributed by atoms with E-state index in [1.807, 2.05) is 25.3 Å². The molecule has 116 valence electrons. The van der Waals surface area contributed by atoms with Crippen molar-refractivity contribution < 1.29 is 4.79 Å². The lowest BCUT2D eigenvalue weighted by Gasteiger charge is -2.22. The van der Waals surface area contributed by atoms with Crippen LogP contribution in [0.4, 0.5) is 9.93 Å². The molecule has 22 heavy (non-hydrogen) atoms. The Morgan fingerprint density at radius 2 is 2.14 bits per heavy atom. The molecule has 2 amide bonds. The molecular weight excluding hydrogens is 296 g/mol. The molecule has 0 spiro atoms. The SMILES string of the molecule is Cc1nc(NC(=O)NC2CCCCC2)sc1-c1cccnc1. The van der Waals surface area contributed by atoms with Crippen molar-refractivity contribution in [1.29, 1.82) is 0 Å². The van der Waals surface area contributed by atoms with E-state index in [0.717, 1.165) is 29.0 Å². The van der Waals surface area contributed by atoms with Crippen molar-refractivity contribution in [3.63, 3.8) is 0 Å². The first-order valence-corrected chi connectivity index (χ1v) is 8.49. The average Bonchev–Trinajstić information content (AvgIpc) is 2.89. The van der Waals surface area contributed by atoms with E-state index in [2.05, 4.69) is 20.6 Å². The lowest BCUT2D eigenvalue weighted by molar-refractivity contribution is 0.244. The highest BCUT2D eigenvalue weighted by Crippen LogP contribution is 2.32. The summed E-state index contributed by atoms with van der Waals surface area (Å²) in [6.45, 7) is 1.95. The molecule has 2 aromatic heterocycles. The largest absolute Gasteiger partial charge is 0.335 e. The van der Waals surface area contributed by atoms with Gasteiger partial charge in [0.15, 0.2) is 5.13 Å². The van der Waals surface area contributed by atoms with E-state index in [9.17, 15) is 4.79 Å². The van der Waals surface area contributed by atoms with Gasteiger partial charge in [-0.25, -0.2) is 9.78 Å². The van der Waals surface area contributed by atoms with E-state index in [-0.39, 0.29) is 6.03 Å². The number of carbonyl (C=O) groups is 1. The third kappa shape index (κ3) is 3.62. The Morgan fingerprint density at radius 3 is 2.86 bits per heavy atom. The van der Waals surface area contributed by atoms with Gasteiger partial charge < -0.3 is 5.32 Å². The van der Waals surface area contributed by atoms with E-state index >= 15 is 0 Å². The van der Waals surface area contributed by atoms with Crippen LogP contribution in [0.25, 0.3) is 10.4 Å². The summed E-state index contributed by atoms with van der Waals surface area (Å²) in [6, 6.07) is 4.04. The molecule has 1 fully saturated rings. The molecule has 0 unspecified atom stereocenters. The van der Waals surface area contributed by atoms with Crippen LogP contribution in [0.5, 0.6) is 0 Å². The van der Waals surface area contributed by atoms with Crippen LogP contribution in [-0.2, 0) is 0 Å².